The number of Topliss-reactive ketones (excluding diaryl/α,β-unsaturated/α-hetero) is 1. The summed E-state index contributed by atoms with van der Waals surface area (Å²) >= 11 is 0. The van der Waals surface area contributed by atoms with Crippen molar-refractivity contribution in [3.05, 3.63) is 34.2 Å². The van der Waals surface area contributed by atoms with Crippen molar-refractivity contribution in [2.75, 3.05) is 0 Å². The second-order valence-corrected chi connectivity index (χ2v) is 5.75. The molecule has 1 aliphatic rings. The highest BCUT2D eigenvalue weighted by atomic mass is 16.1. The zero-order chi connectivity index (χ0) is 13.8. The Morgan fingerprint density at radius 3 is 2.53 bits per heavy atom. The van der Waals surface area contributed by atoms with E-state index in [1.165, 1.54) is 10.4 Å². The van der Waals surface area contributed by atoms with Gasteiger partial charge >= 0.3 is 0 Å². The normalized spacial score (nSPS) is 16.8. The smallest absolute Gasteiger partial charge is 0.165 e. The molecule has 0 amide bonds. The van der Waals surface area contributed by atoms with E-state index in [0.29, 0.717) is 11.7 Å². The number of rotatable bonds is 5. The Hall–Kier alpha value is -1.37. The van der Waals surface area contributed by atoms with E-state index in [2.05, 4.69) is 45.1 Å². The third-order valence-electron chi connectivity index (χ3n) is 4.28. The molecule has 0 saturated heterocycles. The minimum Gasteiger partial charge on any atom is -0.294 e. The quantitative estimate of drug-likeness (QED) is 0.739. The van der Waals surface area contributed by atoms with Gasteiger partial charge in [-0.2, -0.15) is 0 Å². The number of carbonyl (C=O) groups is 1. The van der Waals surface area contributed by atoms with Crippen molar-refractivity contribution in [1.29, 1.82) is 0 Å². The van der Waals surface area contributed by atoms with Crippen LogP contribution < -0.4 is 10.4 Å². The first-order chi connectivity index (χ1) is 9.13. The molecule has 1 aromatic carbocycles. The summed E-state index contributed by atoms with van der Waals surface area (Å²) in [6.07, 6.45) is 8.97. The minimum absolute atomic E-state index is 0.116. The first kappa shape index (κ1) is 14.0. The predicted molar refractivity (Wildman–Crippen MR) is 81.4 cm³/mol. The van der Waals surface area contributed by atoms with Crippen LogP contribution in [-0.2, 0) is 0 Å². The van der Waals surface area contributed by atoms with Gasteiger partial charge in [-0.25, -0.2) is 0 Å². The topological polar surface area (TPSA) is 17.1 Å². The van der Waals surface area contributed by atoms with Crippen LogP contribution in [0.15, 0.2) is 18.2 Å². The molecule has 0 saturated carbocycles. The van der Waals surface area contributed by atoms with Gasteiger partial charge in [0.1, 0.15) is 0 Å². The van der Waals surface area contributed by atoms with Crippen molar-refractivity contribution in [3.63, 3.8) is 0 Å². The zero-order valence-corrected chi connectivity index (χ0v) is 12.3. The molecule has 0 spiro atoms. The molecule has 0 heterocycles. The highest BCUT2D eigenvalue weighted by Crippen LogP contribution is 2.20. The maximum atomic E-state index is 12.5. The molecule has 102 valence electrons. The second-order valence-electron chi connectivity index (χ2n) is 5.75. The van der Waals surface area contributed by atoms with Crippen molar-refractivity contribution >= 4 is 17.9 Å². The molecule has 1 aliphatic carbocycles. The second kappa shape index (κ2) is 6.18. The Labute approximate surface area is 116 Å². The molecule has 2 atom stereocenters. The van der Waals surface area contributed by atoms with Crippen molar-refractivity contribution in [2.45, 2.75) is 46.5 Å². The maximum Gasteiger partial charge on any atom is 0.165 e. The lowest BCUT2D eigenvalue weighted by Gasteiger charge is -2.18. The summed E-state index contributed by atoms with van der Waals surface area (Å²) in [4.78, 5) is 12.5. The highest BCUT2D eigenvalue weighted by molar-refractivity contribution is 5.97. The molecule has 2 rings (SSSR count). The molecular formula is C18H24O. The number of hydrogen-bond donors (Lipinski definition) is 0. The van der Waals surface area contributed by atoms with E-state index < -0.39 is 0 Å². The molecule has 0 radical (unpaired) electrons. The van der Waals surface area contributed by atoms with E-state index in [-0.39, 0.29) is 5.92 Å². The first-order valence-corrected chi connectivity index (χ1v) is 7.48. The number of carbonyl (C=O) groups excluding carboxylic acids is 1. The van der Waals surface area contributed by atoms with Crippen LogP contribution in [0.25, 0.3) is 12.2 Å². The summed E-state index contributed by atoms with van der Waals surface area (Å²) in [7, 11) is 0. The molecule has 1 nitrogen and oxygen atoms in total. The number of ketones is 1. The largest absolute Gasteiger partial charge is 0.294 e. The number of hydrogen-bond acceptors (Lipinski definition) is 1. The van der Waals surface area contributed by atoms with Gasteiger partial charge < -0.3 is 0 Å². The van der Waals surface area contributed by atoms with Gasteiger partial charge in [0.25, 0.3) is 0 Å². The van der Waals surface area contributed by atoms with Gasteiger partial charge in [0.15, 0.2) is 5.78 Å². The third kappa shape index (κ3) is 3.15. The van der Waals surface area contributed by atoms with Gasteiger partial charge in [-0.1, -0.05) is 57.9 Å². The minimum atomic E-state index is 0.116. The van der Waals surface area contributed by atoms with E-state index in [1.807, 2.05) is 6.07 Å². The van der Waals surface area contributed by atoms with Crippen LogP contribution in [0.1, 0.15) is 56.8 Å². The Morgan fingerprint density at radius 2 is 1.84 bits per heavy atom. The van der Waals surface area contributed by atoms with E-state index >= 15 is 0 Å². The third-order valence-corrected chi connectivity index (χ3v) is 4.28. The lowest BCUT2D eigenvalue weighted by Crippen LogP contribution is -2.29. The van der Waals surface area contributed by atoms with E-state index in [1.54, 1.807) is 0 Å². The van der Waals surface area contributed by atoms with Crippen molar-refractivity contribution in [2.24, 2.45) is 11.8 Å². The van der Waals surface area contributed by atoms with E-state index in [0.717, 1.165) is 31.2 Å². The SMILES string of the molecule is CCCC(C)C(C)C(=O)c1ccc2c(c1)=CCCC=2. The molecular weight excluding hydrogens is 232 g/mol. The van der Waals surface area contributed by atoms with E-state index in [9.17, 15) is 4.79 Å². The molecule has 0 bridgehead atoms. The molecule has 0 N–H and O–H groups in total. The van der Waals surface area contributed by atoms with Gasteiger partial charge in [0.05, 0.1) is 0 Å². The van der Waals surface area contributed by atoms with Crippen LogP contribution in [0, 0.1) is 11.8 Å². The summed E-state index contributed by atoms with van der Waals surface area (Å²) in [5.74, 6) is 0.873. The maximum absolute atomic E-state index is 12.5. The first-order valence-electron chi connectivity index (χ1n) is 7.48. The van der Waals surface area contributed by atoms with Gasteiger partial charge in [-0.05, 0) is 35.3 Å². The molecule has 1 heteroatoms. The lowest BCUT2D eigenvalue weighted by atomic mass is 9.85. The van der Waals surface area contributed by atoms with Crippen molar-refractivity contribution in [3.8, 4) is 0 Å². The summed E-state index contributed by atoms with van der Waals surface area (Å²) in [6, 6.07) is 6.16. The van der Waals surface area contributed by atoms with Crippen LogP contribution in [0.5, 0.6) is 0 Å². The molecule has 0 fully saturated rings. The molecule has 0 aliphatic heterocycles. The monoisotopic (exact) mass is 256 g/mol. The summed E-state index contributed by atoms with van der Waals surface area (Å²) in [6.45, 7) is 6.43. The van der Waals surface area contributed by atoms with Crippen molar-refractivity contribution in [1.82, 2.24) is 0 Å². The van der Waals surface area contributed by atoms with Crippen LogP contribution in [0.3, 0.4) is 0 Å². The lowest BCUT2D eigenvalue weighted by molar-refractivity contribution is 0.0889. The fourth-order valence-corrected chi connectivity index (χ4v) is 2.80. The van der Waals surface area contributed by atoms with Gasteiger partial charge in [-0.15, -0.1) is 0 Å². The summed E-state index contributed by atoms with van der Waals surface area (Å²) < 4.78 is 0. The Balaban J connectivity index is 2.25. The van der Waals surface area contributed by atoms with Crippen LogP contribution >= 0.6 is 0 Å². The fraction of sp³-hybridized carbons (Fsp3) is 0.500. The van der Waals surface area contributed by atoms with Crippen LogP contribution in [0.4, 0.5) is 0 Å². The van der Waals surface area contributed by atoms with Crippen molar-refractivity contribution < 1.29 is 4.79 Å². The van der Waals surface area contributed by atoms with Gasteiger partial charge in [0.2, 0.25) is 0 Å². The van der Waals surface area contributed by atoms with Crippen LogP contribution in [-0.4, -0.2) is 5.78 Å². The molecule has 2 unspecified atom stereocenters. The van der Waals surface area contributed by atoms with Gasteiger partial charge in [-0.3, -0.25) is 4.79 Å². The molecule has 1 aromatic rings. The number of fused-ring (bicyclic) bond motifs is 1. The highest BCUT2D eigenvalue weighted by Gasteiger charge is 2.20. The predicted octanol–water partition coefficient (Wildman–Crippen LogP) is 3.30. The van der Waals surface area contributed by atoms with Gasteiger partial charge in [0, 0.05) is 11.5 Å². The van der Waals surface area contributed by atoms with Crippen LogP contribution in [0.2, 0.25) is 0 Å². The average Bonchev–Trinajstić information content (AvgIpc) is 2.45. The Kier molecular flexibility index (Phi) is 4.57. The molecule has 19 heavy (non-hydrogen) atoms. The van der Waals surface area contributed by atoms with E-state index in [4.69, 9.17) is 0 Å². The summed E-state index contributed by atoms with van der Waals surface area (Å²) in [5, 5.41) is 2.50. The zero-order valence-electron chi connectivity index (χ0n) is 12.3. The fourth-order valence-electron chi connectivity index (χ4n) is 2.80. The number of benzene rings is 1. The average molecular weight is 256 g/mol. The molecule has 0 aromatic heterocycles. The standard InChI is InChI=1S/C18H24O/c1-4-7-13(2)14(3)18(19)17-11-10-15-8-5-6-9-16(15)12-17/h8-14H,4-7H2,1-3H3. The Morgan fingerprint density at radius 1 is 1.16 bits per heavy atom. The summed E-state index contributed by atoms with van der Waals surface area (Å²) in [5.41, 5.74) is 0.876. The Bertz CT molecular complexity index is 568.